The summed E-state index contributed by atoms with van der Waals surface area (Å²) in [5.41, 5.74) is 1.85. The predicted molar refractivity (Wildman–Crippen MR) is 71.6 cm³/mol. The molecule has 0 bridgehead atoms. The fourth-order valence-corrected chi connectivity index (χ4v) is 2.76. The van der Waals surface area contributed by atoms with Crippen molar-refractivity contribution >= 4 is 27.7 Å². The molecule has 0 spiro atoms. The van der Waals surface area contributed by atoms with Crippen LogP contribution >= 0.6 is 15.9 Å². The molecular weight excluding hydrogens is 282 g/mol. The number of hydrogen-bond acceptors (Lipinski definition) is 1. The first kappa shape index (κ1) is 12.4. The van der Waals surface area contributed by atoms with Gasteiger partial charge in [0, 0.05) is 10.5 Å². The number of halogens is 1. The van der Waals surface area contributed by atoms with Gasteiger partial charge < -0.3 is 5.11 Å². The molecule has 1 unspecified atom stereocenters. The fraction of sp³-hybridized carbons (Fsp3) is 0.462. The minimum atomic E-state index is -0.869. The SMILES string of the molecule is CC(C)(C)C1Cc2cc(Br)ccc2N1C(=O)O. The zero-order valence-electron chi connectivity index (χ0n) is 10.2. The topological polar surface area (TPSA) is 40.5 Å². The van der Waals surface area contributed by atoms with Gasteiger partial charge in [-0.05, 0) is 35.6 Å². The van der Waals surface area contributed by atoms with Crippen LogP contribution in [0, 0.1) is 5.41 Å². The lowest BCUT2D eigenvalue weighted by Gasteiger charge is -2.33. The van der Waals surface area contributed by atoms with Crippen LogP contribution in [-0.4, -0.2) is 17.2 Å². The number of nitrogens with zero attached hydrogens (tertiary/aromatic N) is 1. The Morgan fingerprint density at radius 2 is 2.12 bits per heavy atom. The lowest BCUT2D eigenvalue weighted by atomic mass is 9.84. The normalized spacial score (nSPS) is 19.3. The Morgan fingerprint density at radius 1 is 1.47 bits per heavy atom. The summed E-state index contributed by atoms with van der Waals surface area (Å²) in [6.07, 6.45) is -0.0871. The number of hydrogen-bond donors (Lipinski definition) is 1. The van der Waals surface area contributed by atoms with Gasteiger partial charge in [-0.3, -0.25) is 4.90 Å². The molecule has 1 aromatic carbocycles. The maximum absolute atomic E-state index is 11.4. The van der Waals surface area contributed by atoms with Gasteiger partial charge in [-0.25, -0.2) is 4.79 Å². The highest BCUT2D eigenvalue weighted by atomic mass is 79.9. The van der Waals surface area contributed by atoms with E-state index in [0.29, 0.717) is 0 Å². The van der Waals surface area contributed by atoms with E-state index in [0.717, 1.165) is 22.1 Å². The van der Waals surface area contributed by atoms with Gasteiger partial charge >= 0.3 is 6.09 Å². The van der Waals surface area contributed by atoms with Crippen molar-refractivity contribution in [1.29, 1.82) is 0 Å². The summed E-state index contributed by atoms with van der Waals surface area (Å²) in [5, 5.41) is 9.38. The second-order valence-electron chi connectivity index (χ2n) is 5.51. The smallest absolute Gasteiger partial charge is 0.412 e. The van der Waals surface area contributed by atoms with Gasteiger partial charge in [0.15, 0.2) is 0 Å². The minimum Gasteiger partial charge on any atom is -0.465 e. The van der Waals surface area contributed by atoms with Crippen molar-refractivity contribution in [1.82, 2.24) is 0 Å². The van der Waals surface area contributed by atoms with Crippen LogP contribution in [0.5, 0.6) is 0 Å². The van der Waals surface area contributed by atoms with Crippen molar-refractivity contribution in [2.24, 2.45) is 5.41 Å². The summed E-state index contributed by atoms with van der Waals surface area (Å²) < 4.78 is 0.996. The van der Waals surface area contributed by atoms with Crippen molar-refractivity contribution in [2.45, 2.75) is 33.2 Å². The number of carbonyl (C=O) groups is 1. The van der Waals surface area contributed by atoms with Crippen molar-refractivity contribution in [3.8, 4) is 0 Å². The second kappa shape index (κ2) is 4.02. The molecule has 0 radical (unpaired) electrons. The number of amides is 1. The predicted octanol–water partition coefficient (Wildman–Crippen LogP) is 3.90. The minimum absolute atomic E-state index is 0.00398. The first-order valence-corrected chi connectivity index (χ1v) is 6.40. The molecule has 92 valence electrons. The van der Waals surface area contributed by atoms with E-state index in [9.17, 15) is 9.90 Å². The average molecular weight is 298 g/mol. The number of rotatable bonds is 0. The maximum Gasteiger partial charge on any atom is 0.412 e. The first-order valence-electron chi connectivity index (χ1n) is 5.61. The molecule has 1 aliphatic heterocycles. The van der Waals surface area contributed by atoms with E-state index in [2.05, 4.69) is 36.7 Å². The average Bonchev–Trinajstić information content (AvgIpc) is 2.55. The van der Waals surface area contributed by atoms with Gasteiger partial charge in [0.05, 0.1) is 5.69 Å². The molecule has 0 aliphatic carbocycles. The van der Waals surface area contributed by atoms with Gasteiger partial charge in [-0.1, -0.05) is 36.7 Å². The zero-order valence-corrected chi connectivity index (χ0v) is 11.8. The molecule has 3 nitrogen and oxygen atoms in total. The Labute approximate surface area is 110 Å². The first-order chi connectivity index (χ1) is 7.80. The fourth-order valence-electron chi connectivity index (χ4n) is 2.35. The zero-order chi connectivity index (χ0) is 12.8. The Balaban J connectivity index is 2.48. The van der Waals surface area contributed by atoms with Crippen LogP contribution in [0.25, 0.3) is 0 Å². The molecule has 0 fully saturated rings. The molecule has 1 aromatic rings. The van der Waals surface area contributed by atoms with Crippen LogP contribution in [0.2, 0.25) is 0 Å². The summed E-state index contributed by atoms with van der Waals surface area (Å²) >= 11 is 3.43. The Kier molecular flexibility index (Phi) is 2.94. The van der Waals surface area contributed by atoms with Gasteiger partial charge in [0.1, 0.15) is 0 Å². The quantitative estimate of drug-likeness (QED) is 0.789. The molecule has 0 saturated carbocycles. The number of carboxylic acid groups (broad SMARTS) is 1. The molecule has 17 heavy (non-hydrogen) atoms. The molecular formula is C13H16BrNO2. The Hall–Kier alpha value is -1.03. The van der Waals surface area contributed by atoms with Crippen molar-refractivity contribution < 1.29 is 9.90 Å². The van der Waals surface area contributed by atoms with Crippen molar-refractivity contribution in [2.75, 3.05) is 4.90 Å². The molecule has 1 aliphatic rings. The third-order valence-electron chi connectivity index (χ3n) is 3.23. The highest BCUT2D eigenvalue weighted by molar-refractivity contribution is 9.10. The standard InChI is InChI=1S/C13H16BrNO2/c1-13(2,3)11-7-8-6-9(14)4-5-10(8)15(11)12(16)17/h4-6,11H,7H2,1-3H3,(H,16,17). The van der Waals surface area contributed by atoms with E-state index in [1.54, 1.807) is 0 Å². The molecule has 1 amide bonds. The monoisotopic (exact) mass is 297 g/mol. The number of fused-ring (bicyclic) bond motifs is 1. The van der Waals surface area contributed by atoms with Gasteiger partial charge in [0.2, 0.25) is 0 Å². The van der Waals surface area contributed by atoms with Crippen LogP contribution in [0.3, 0.4) is 0 Å². The molecule has 4 heteroatoms. The van der Waals surface area contributed by atoms with E-state index < -0.39 is 6.09 Å². The molecule has 1 N–H and O–H groups in total. The highest BCUT2D eigenvalue weighted by Gasteiger charge is 2.40. The van der Waals surface area contributed by atoms with E-state index in [1.807, 2.05) is 18.2 Å². The second-order valence-corrected chi connectivity index (χ2v) is 6.43. The van der Waals surface area contributed by atoms with E-state index in [1.165, 1.54) is 4.90 Å². The summed E-state index contributed by atoms with van der Waals surface area (Å²) in [4.78, 5) is 12.9. The van der Waals surface area contributed by atoms with Gasteiger partial charge in [-0.15, -0.1) is 0 Å². The summed E-state index contributed by atoms with van der Waals surface area (Å²) in [7, 11) is 0. The Morgan fingerprint density at radius 3 is 2.65 bits per heavy atom. The summed E-state index contributed by atoms with van der Waals surface area (Å²) in [5.74, 6) is 0. The number of anilines is 1. The van der Waals surface area contributed by atoms with Crippen molar-refractivity contribution in [3.05, 3.63) is 28.2 Å². The van der Waals surface area contributed by atoms with E-state index >= 15 is 0 Å². The van der Waals surface area contributed by atoms with Crippen LogP contribution < -0.4 is 4.90 Å². The largest absolute Gasteiger partial charge is 0.465 e. The van der Waals surface area contributed by atoms with Crippen molar-refractivity contribution in [3.63, 3.8) is 0 Å². The molecule has 1 atom stereocenters. The molecule has 0 saturated heterocycles. The van der Waals surface area contributed by atoms with Crippen LogP contribution in [0.4, 0.5) is 10.5 Å². The van der Waals surface area contributed by atoms with Crippen LogP contribution in [0.15, 0.2) is 22.7 Å². The summed E-state index contributed by atoms with van der Waals surface area (Å²) in [6.45, 7) is 6.23. The van der Waals surface area contributed by atoms with Gasteiger partial charge in [-0.2, -0.15) is 0 Å². The van der Waals surface area contributed by atoms with Crippen LogP contribution in [0.1, 0.15) is 26.3 Å². The van der Waals surface area contributed by atoms with Gasteiger partial charge in [0.25, 0.3) is 0 Å². The lowest BCUT2D eigenvalue weighted by Crippen LogP contribution is -2.44. The van der Waals surface area contributed by atoms with E-state index in [4.69, 9.17) is 0 Å². The Bertz CT molecular complexity index is 465. The maximum atomic E-state index is 11.4. The summed E-state index contributed by atoms with van der Waals surface area (Å²) in [6, 6.07) is 5.78. The highest BCUT2D eigenvalue weighted by Crippen LogP contribution is 2.40. The third-order valence-corrected chi connectivity index (χ3v) is 3.73. The number of benzene rings is 1. The van der Waals surface area contributed by atoms with E-state index in [-0.39, 0.29) is 11.5 Å². The lowest BCUT2D eigenvalue weighted by molar-refractivity contribution is 0.191. The molecule has 0 aromatic heterocycles. The van der Waals surface area contributed by atoms with Crippen LogP contribution in [-0.2, 0) is 6.42 Å². The molecule has 1 heterocycles. The third kappa shape index (κ3) is 2.18. The molecule has 2 rings (SSSR count).